The van der Waals surface area contributed by atoms with Crippen LogP contribution in [0.1, 0.15) is 37.3 Å². The lowest BCUT2D eigenvalue weighted by atomic mass is 9.84. The fraction of sp³-hybridized carbons (Fsp3) is 0.455. The Bertz CT molecular complexity index is 785. The van der Waals surface area contributed by atoms with Crippen LogP contribution in [0, 0.1) is 25.7 Å². The van der Waals surface area contributed by atoms with E-state index in [1.807, 2.05) is 44.2 Å². The average molecular weight is 367 g/mol. The molecule has 27 heavy (non-hydrogen) atoms. The highest BCUT2D eigenvalue weighted by Gasteiger charge is 2.22. The number of hydrogen-bond donors (Lipinski definition) is 2. The quantitative estimate of drug-likeness (QED) is 0.791. The van der Waals surface area contributed by atoms with Gasteiger partial charge in [-0.2, -0.15) is 0 Å². The minimum absolute atomic E-state index is 0.0597. The molecule has 2 heterocycles. The zero-order valence-electron chi connectivity index (χ0n) is 16.4. The van der Waals surface area contributed by atoms with Crippen molar-refractivity contribution in [3.05, 3.63) is 47.7 Å². The lowest BCUT2D eigenvalue weighted by molar-refractivity contribution is -0.117. The largest absolute Gasteiger partial charge is 0.439 e. The maximum Gasteiger partial charge on any atom is 0.224 e. The molecule has 144 valence electrons. The Morgan fingerprint density at radius 3 is 2.78 bits per heavy atom. The molecule has 1 amide bonds. The highest BCUT2D eigenvalue weighted by atomic mass is 16.5. The molecule has 1 aromatic heterocycles. The molecule has 1 unspecified atom stereocenters. The number of pyridine rings is 1. The minimum atomic E-state index is 0.0597. The smallest absolute Gasteiger partial charge is 0.224 e. The third kappa shape index (κ3) is 5.54. The molecule has 1 fully saturated rings. The first kappa shape index (κ1) is 19.4. The topological polar surface area (TPSA) is 63.2 Å². The summed E-state index contributed by atoms with van der Waals surface area (Å²) in [5, 5.41) is 6.40. The van der Waals surface area contributed by atoms with E-state index in [2.05, 4.69) is 22.5 Å². The van der Waals surface area contributed by atoms with Crippen LogP contribution in [0.25, 0.3) is 0 Å². The molecule has 3 rings (SSSR count). The van der Waals surface area contributed by atoms with E-state index in [-0.39, 0.29) is 5.91 Å². The van der Waals surface area contributed by atoms with E-state index in [9.17, 15) is 4.79 Å². The molecule has 1 aliphatic heterocycles. The molecule has 1 aromatic carbocycles. The fourth-order valence-electron chi connectivity index (χ4n) is 3.55. The zero-order valence-corrected chi connectivity index (χ0v) is 16.4. The van der Waals surface area contributed by atoms with Crippen LogP contribution in [0.4, 0.5) is 5.69 Å². The summed E-state index contributed by atoms with van der Waals surface area (Å²) < 4.78 is 5.92. The summed E-state index contributed by atoms with van der Waals surface area (Å²) in [6, 6.07) is 9.56. The zero-order chi connectivity index (χ0) is 19.2. The number of nitrogens with one attached hydrogen (secondary N) is 2. The Balaban J connectivity index is 1.62. The van der Waals surface area contributed by atoms with Gasteiger partial charge < -0.3 is 15.4 Å². The molecule has 0 radical (unpaired) electrons. The fourth-order valence-corrected chi connectivity index (χ4v) is 3.55. The first-order valence-corrected chi connectivity index (χ1v) is 9.73. The molecule has 0 saturated carbocycles. The molecule has 2 N–H and O–H groups in total. The molecule has 0 aliphatic carbocycles. The molecular formula is C22H29N3O2. The van der Waals surface area contributed by atoms with Gasteiger partial charge in [0.05, 0.1) is 0 Å². The van der Waals surface area contributed by atoms with E-state index in [0.29, 0.717) is 29.9 Å². The third-order valence-electron chi connectivity index (χ3n) is 5.27. The Labute approximate surface area is 161 Å². The first-order chi connectivity index (χ1) is 13.0. The summed E-state index contributed by atoms with van der Waals surface area (Å²) in [4.78, 5) is 16.7. The van der Waals surface area contributed by atoms with E-state index < -0.39 is 0 Å². The van der Waals surface area contributed by atoms with E-state index in [4.69, 9.17) is 4.74 Å². The Kier molecular flexibility index (Phi) is 6.45. The van der Waals surface area contributed by atoms with Crippen molar-refractivity contribution in [2.24, 2.45) is 11.8 Å². The van der Waals surface area contributed by atoms with Crippen LogP contribution in [0.15, 0.2) is 36.5 Å². The molecule has 0 spiro atoms. The van der Waals surface area contributed by atoms with Crippen molar-refractivity contribution in [3.63, 3.8) is 0 Å². The predicted molar refractivity (Wildman–Crippen MR) is 108 cm³/mol. The summed E-state index contributed by atoms with van der Waals surface area (Å²) in [6.45, 7) is 8.28. The second-order valence-electron chi connectivity index (χ2n) is 7.57. The van der Waals surface area contributed by atoms with Crippen molar-refractivity contribution in [1.29, 1.82) is 0 Å². The number of rotatable bonds is 6. The van der Waals surface area contributed by atoms with Gasteiger partial charge in [0.15, 0.2) is 0 Å². The highest BCUT2D eigenvalue weighted by Crippen LogP contribution is 2.28. The van der Waals surface area contributed by atoms with Gasteiger partial charge in [-0.3, -0.25) is 4.79 Å². The number of aromatic nitrogens is 1. The molecule has 1 atom stereocenters. The van der Waals surface area contributed by atoms with Crippen molar-refractivity contribution in [2.75, 3.05) is 18.4 Å². The number of benzene rings is 1. The Morgan fingerprint density at radius 1 is 1.26 bits per heavy atom. The minimum Gasteiger partial charge on any atom is -0.439 e. The molecular weight excluding hydrogens is 338 g/mol. The Hall–Kier alpha value is -2.40. The van der Waals surface area contributed by atoms with Gasteiger partial charge in [0.25, 0.3) is 0 Å². The van der Waals surface area contributed by atoms with Crippen molar-refractivity contribution >= 4 is 11.6 Å². The number of carbonyl (C=O) groups excluding carboxylic acids is 1. The second kappa shape index (κ2) is 9.00. The SMILES string of the molecule is Cc1ccnc(Oc2cc(NC(=O)CC(C)C3CCNCC3)ccc2C)c1. The van der Waals surface area contributed by atoms with Gasteiger partial charge in [-0.15, -0.1) is 0 Å². The number of hydrogen-bond acceptors (Lipinski definition) is 4. The maximum atomic E-state index is 12.5. The normalized spacial score (nSPS) is 16.0. The van der Waals surface area contributed by atoms with Gasteiger partial charge in [0.2, 0.25) is 11.8 Å². The van der Waals surface area contributed by atoms with Gasteiger partial charge in [-0.1, -0.05) is 13.0 Å². The van der Waals surface area contributed by atoms with Gasteiger partial charge in [0.1, 0.15) is 5.75 Å². The van der Waals surface area contributed by atoms with Crippen molar-refractivity contribution in [3.8, 4) is 11.6 Å². The second-order valence-corrected chi connectivity index (χ2v) is 7.57. The lowest BCUT2D eigenvalue weighted by Gasteiger charge is -2.27. The summed E-state index contributed by atoms with van der Waals surface area (Å²) in [6.07, 6.45) is 4.59. The predicted octanol–water partition coefficient (Wildman–Crippen LogP) is 4.46. The highest BCUT2D eigenvalue weighted by molar-refractivity contribution is 5.91. The van der Waals surface area contributed by atoms with E-state index in [1.165, 1.54) is 0 Å². The number of amides is 1. The van der Waals surface area contributed by atoms with Gasteiger partial charge in [-0.05, 0) is 74.9 Å². The lowest BCUT2D eigenvalue weighted by Crippen LogP contribution is -2.32. The number of anilines is 1. The number of ether oxygens (including phenoxy) is 1. The summed E-state index contributed by atoms with van der Waals surface area (Å²) in [5.41, 5.74) is 2.85. The van der Waals surface area contributed by atoms with Gasteiger partial charge >= 0.3 is 0 Å². The van der Waals surface area contributed by atoms with E-state index in [1.54, 1.807) is 6.20 Å². The van der Waals surface area contributed by atoms with Crippen molar-refractivity contribution in [1.82, 2.24) is 10.3 Å². The summed E-state index contributed by atoms with van der Waals surface area (Å²) >= 11 is 0. The van der Waals surface area contributed by atoms with Crippen LogP contribution < -0.4 is 15.4 Å². The molecule has 5 nitrogen and oxygen atoms in total. The summed E-state index contributed by atoms with van der Waals surface area (Å²) in [5.74, 6) is 2.34. The number of aryl methyl sites for hydroxylation is 2. The van der Waals surface area contributed by atoms with Crippen molar-refractivity contribution < 1.29 is 9.53 Å². The maximum absolute atomic E-state index is 12.5. The van der Waals surface area contributed by atoms with Crippen LogP contribution in [-0.4, -0.2) is 24.0 Å². The number of carbonyl (C=O) groups is 1. The molecule has 2 aromatic rings. The molecule has 1 saturated heterocycles. The standard InChI is InChI=1S/C22H29N3O2/c1-15-6-11-24-22(12-15)27-20-14-19(5-4-16(20)2)25-21(26)13-17(3)18-7-9-23-10-8-18/h4-6,11-12,14,17-18,23H,7-10,13H2,1-3H3,(H,25,26). The number of nitrogens with zero attached hydrogens (tertiary/aromatic N) is 1. The Morgan fingerprint density at radius 2 is 2.04 bits per heavy atom. The first-order valence-electron chi connectivity index (χ1n) is 9.73. The number of piperidine rings is 1. The van der Waals surface area contributed by atoms with Crippen molar-refractivity contribution in [2.45, 2.75) is 40.0 Å². The van der Waals surface area contributed by atoms with Crippen LogP contribution in [0.3, 0.4) is 0 Å². The van der Waals surface area contributed by atoms with Crippen LogP contribution in [0.5, 0.6) is 11.6 Å². The van der Waals surface area contributed by atoms with Crippen LogP contribution in [-0.2, 0) is 4.79 Å². The molecule has 5 heteroatoms. The molecule has 0 bridgehead atoms. The molecule has 1 aliphatic rings. The summed E-state index contributed by atoms with van der Waals surface area (Å²) in [7, 11) is 0. The monoisotopic (exact) mass is 367 g/mol. The van der Waals surface area contributed by atoms with Gasteiger partial charge in [0, 0.05) is 30.4 Å². The van der Waals surface area contributed by atoms with Gasteiger partial charge in [-0.25, -0.2) is 4.98 Å². The van der Waals surface area contributed by atoms with E-state index >= 15 is 0 Å². The third-order valence-corrected chi connectivity index (χ3v) is 5.27. The van der Waals surface area contributed by atoms with Crippen LogP contribution >= 0.6 is 0 Å². The van der Waals surface area contributed by atoms with Crippen LogP contribution in [0.2, 0.25) is 0 Å². The van der Waals surface area contributed by atoms with E-state index in [0.717, 1.165) is 42.7 Å². The average Bonchev–Trinajstić information content (AvgIpc) is 2.65.